The van der Waals surface area contributed by atoms with Crippen LogP contribution in [0.4, 0.5) is 0 Å². The van der Waals surface area contributed by atoms with Crippen molar-refractivity contribution >= 4 is 0 Å². The molecule has 28 heavy (non-hydrogen) atoms. The summed E-state index contributed by atoms with van der Waals surface area (Å²) >= 11 is 0. The van der Waals surface area contributed by atoms with Gasteiger partial charge in [-0.25, -0.2) is 0 Å². The van der Waals surface area contributed by atoms with E-state index in [1.165, 1.54) is 75.1 Å². The molecule has 0 aliphatic heterocycles. The zero-order valence-corrected chi connectivity index (χ0v) is 16.8. The van der Waals surface area contributed by atoms with Gasteiger partial charge in [0.2, 0.25) is 0 Å². The van der Waals surface area contributed by atoms with Gasteiger partial charge in [-0.2, -0.15) is 15.4 Å². The van der Waals surface area contributed by atoms with Crippen molar-refractivity contribution in [3.8, 4) is 11.3 Å². The summed E-state index contributed by atoms with van der Waals surface area (Å²) in [6.07, 6.45) is 16.3. The highest BCUT2D eigenvalue weighted by Gasteiger charge is 2.19. The van der Waals surface area contributed by atoms with E-state index in [9.17, 15) is 0 Å². The predicted molar refractivity (Wildman–Crippen MR) is 111 cm³/mol. The Kier molecular flexibility index (Phi) is 10.2. The Balaban J connectivity index is 0.000000176. The number of aryl methyl sites for hydroxylation is 1. The van der Waals surface area contributed by atoms with E-state index in [0.717, 1.165) is 23.3 Å². The van der Waals surface area contributed by atoms with Crippen molar-refractivity contribution in [3.63, 3.8) is 0 Å². The van der Waals surface area contributed by atoms with Gasteiger partial charge in [0, 0.05) is 17.6 Å². The number of hydrogen-bond acceptors (Lipinski definition) is 5. The average Bonchev–Trinajstić information content (AvgIpc) is 3.26. The number of benzene rings is 1. The third-order valence-electron chi connectivity index (χ3n) is 5.52. The minimum absolute atomic E-state index is 0.872. The molecule has 0 amide bonds. The summed E-state index contributed by atoms with van der Waals surface area (Å²) in [5, 5.41) is 22.1. The van der Waals surface area contributed by atoms with Crippen molar-refractivity contribution < 1.29 is 5.21 Å². The van der Waals surface area contributed by atoms with Crippen molar-refractivity contribution in [2.24, 2.45) is 5.34 Å². The van der Waals surface area contributed by atoms with Gasteiger partial charge in [-0.1, -0.05) is 62.8 Å². The number of nitrogens with one attached hydrogen (secondary N) is 2. The normalized spacial score (nSPS) is 17.6. The van der Waals surface area contributed by atoms with Crippen LogP contribution < -0.4 is 5.32 Å². The van der Waals surface area contributed by atoms with E-state index in [1.54, 1.807) is 6.20 Å². The van der Waals surface area contributed by atoms with Gasteiger partial charge in [0.15, 0.2) is 5.34 Å². The summed E-state index contributed by atoms with van der Waals surface area (Å²) in [5.74, 6) is 0. The molecule has 154 valence electrons. The Bertz CT molecular complexity index is 635. The summed E-state index contributed by atoms with van der Waals surface area (Å²) in [4.78, 5) is 8.11. The van der Waals surface area contributed by atoms with Crippen LogP contribution in [0.3, 0.4) is 0 Å². The molecule has 2 aromatic rings. The van der Waals surface area contributed by atoms with Crippen molar-refractivity contribution in [2.45, 2.75) is 83.2 Å². The van der Waals surface area contributed by atoms with Gasteiger partial charge < -0.3 is 10.5 Å². The fraction of sp³-hybridized carbons (Fsp3) is 0.619. The molecule has 7 heteroatoms. The van der Waals surface area contributed by atoms with E-state index in [-0.39, 0.29) is 0 Å². The molecule has 3 N–H and O–H groups in total. The van der Waals surface area contributed by atoms with Gasteiger partial charge in [0.1, 0.15) is 5.69 Å². The summed E-state index contributed by atoms with van der Waals surface area (Å²) in [6, 6.07) is 9.85. The fourth-order valence-electron chi connectivity index (χ4n) is 4.06. The van der Waals surface area contributed by atoms with Gasteiger partial charge in [-0.15, -0.1) is 4.91 Å². The Morgan fingerprint density at radius 3 is 2.00 bits per heavy atom. The Hall–Kier alpha value is -2.28. The maximum Gasteiger partial charge on any atom is 0.152 e. The molecule has 7 nitrogen and oxygen atoms in total. The molecule has 0 bridgehead atoms. The first-order chi connectivity index (χ1) is 13.7. The minimum atomic E-state index is 0.872. The maximum absolute atomic E-state index is 8.11. The van der Waals surface area contributed by atoms with Gasteiger partial charge >= 0.3 is 0 Å². The number of nitrogens with zero attached hydrogens (tertiary/aromatic N) is 3. The first kappa shape index (κ1) is 22.0. The standard InChI is InChI=1S/C12H23N.C9H9N3.HNO2/c1-3-7-11(8-4-1)13-12-9-5-2-6-10-12;1-7-4-2-3-5-8(7)9-6-10-12-11-9;2-1-3/h11-13H,1-10H2;2-6H,1H3,(H,10,11,12);(H,2,3). The lowest BCUT2D eigenvalue weighted by molar-refractivity contribution is 0.291. The smallest absolute Gasteiger partial charge is 0.152 e. The predicted octanol–water partition coefficient (Wildman–Crippen LogP) is 5.16. The molecular formula is C21H33N5O2. The van der Waals surface area contributed by atoms with Crippen LogP contribution in [0.15, 0.2) is 35.8 Å². The fourth-order valence-corrected chi connectivity index (χ4v) is 4.06. The first-order valence-electron chi connectivity index (χ1n) is 10.4. The van der Waals surface area contributed by atoms with Gasteiger partial charge in [-0.05, 0) is 38.2 Å². The van der Waals surface area contributed by atoms with Crippen LogP contribution >= 0.6 is 0 Å². The van der Waals surface area contributed by atoms with Crippen molar-refractivity contribution in [2.75, 3.05) is 0 Å². The van der Waals surface area contributed by atoms with E-state index >= 15 is 0 Å². The monoisotopic (exact) mass is 387 g/mol. The van der Waals surface area contributed by atoms with E-state index in [0.29, 0.717) is 0 Å². The molecule has 1 aromatic carbocycles. The van der Waals surface area contributed by atoms with Gasteiger partial charge in [0.05, 0.1) is 6.20 Å². The van der Waals surface area contributed by atoms with E-state index in [2.05, 4.69) is 33.7 Å². The molecule has 1 aromatic heterocycles. The highest BCUT2D eigenvalue weighted by molar-refractivity contribution is 5.61. The van der Waals surface area contributed by atoms with Crippen LogP contribution in [0.2, 0.25) is 0 Å². The summed E-state index contributed by atoms with van der Waals surface area (Å²) < 4.78 is 0. The SMILES string of the molecule is C1CCC(NC2CCCCC2)CC1.Cc1ccccc1-c1cn[nH]n1.O=NO. The lowest BCUT2D eigenvalue weighted by Gasteiger charge is -2.30. The summed E-state index contributed by atoms with van der Waals surface area (Å²) in [7, 11) is 0. The average molecular weight is 388 g/mol. The quantitative estimate of drug-likeness (QED) is 0.498. The second-order valence-electron chi connectivity index (χ2n) is 7.59. The van der Waals surface area contributed by atoms with Crippen molar-refractivity contribution in [1.29, 1.82) is 0 Å². The minimum Gasteiger partial charge on any atom is -0.379 e. The third-order valence-corrected chi connectivity index (χ3v) is 5.52. The summed E-state index contributed by atoms with van der Waals surface area (Å²) in [5.41, 5.74) is 3.24. The molecule has 0 atom stereocenters. The zero-order valence-electron chi connectivity index (χ0n) is 16.8. The topological polar surface area (TPSA) is 103 Å². The largest absolute Gasteiger partial charge is 0.379 e. The number of hydrogen-bond donors (Lipinski definition) is 3. The van der Waals surface area contributed by atoms with Crippen LogP contribution in [0.1, 0.15) is 69.8 Å². The van der Waals surface area contributed by atoms with Crippen LogP contribution in [-0.4, -0.2) is 32.7 Å². The summed E-state index contributed by atoms with van der Waals surface area (Å²) in [6.45, 7) is 2.06. The highest BCUT2D eigenvalue weighted by Crippen LogP contribution is 2.22. The molecule has 2 aliphatic carbocycles. The molecule has 1 heterocycles. The van der Waals surface area contributed by atoms with Crippen LogP contribution in [0, 0.1) is 11.8 Å². The first-order valence-corrected chi connectivity index (χ1v) is 10.4. The molecule has 4 rings (SSSR count). The van der Waals surface area contributed by atoms with Crippen molar-refractivity contribution in [1.82, 2.24) is 20.7 Å². The Labute approximate surface area is 167 Å². The molecule has 2 aliphatic rings. The highest BCUT2D eigenvalue weighted by atomic mass is 16.6. The molecule has 0 unspecified atom stereocenters. The number of rotatable bonds is 3. The number of aromatic amines is 1. The van der Waals surface area contributed by atoms with E-state index in [1.807, 2.05) is 18.2 Å². The second-order valence-corrected chi connectivity index (χ2v) is 7.59. The van der Waals surface area contributed by atoms with E-state index < -0.39 is 0 Å². The van der Waals surface area contributed by atoms with Crippen LogP contribution in [0.5, 0.6) is 0 Å². The molecule has 0 radical (unpaired) electrons. The van der Waals surface area contributed by atoms with E-state index in [4.69, 9.17) is 10.1 Å². The molecule has 0 saturated heterocycles. The number of aromatic nitrogens is 3. The second kappa shape index (κ2) is 13.0. The zero-order chi connectivity index (χ0) is 20.0. The van der Waals surface area contributed by atoms with Crippen molar-refractivity contribution in [3.05, 3.63) is 40.9 Å². The number of H-pyrrole nitrogens is 1. The Morgan fingerprint density at radius 2 is 1.54 bits per heavy atom. The molecule has 0 spiro atoms. The molecular weight excluding hydrogens is 354 g/mol. The van der Waals surface area contributed by atoms with Crippen LogP contribution in [0.25, 0.3) is 11.3 Å². The maximum atomic E-state index is 8.11. The Morgan fingerprint density at radius 1 is 1.00 bits per heavy atom. The van der Waals surface area contributed by atoms with Gasteiger partial charge in [0.25, 0.3) is 0 Å². The molecule has 2 fully saturated rings. The van der Waals surface area contributed by atoms with Crippen LogP contribution in [-0.2, 0) is 0 Å². The molecule has 2 saturated carbocycles. The lowest BCUT2D eigenvalue weighted by atomic mass is 9.91. The third kappa shape index (κ3) is 7.76. The van der Waals surface area contributed by atoms with Gasteiger partial charge in [-0.3, -0.25) is 0 Å². The lowest BCUT2D eigenvalue weighted by Crippen LogP contribution is -2.40.